The fourth-order valence-electron chi connectivity index (χ4n) is 3.43. The van der Waals surface area contributed by atoms with Crippen molar-refractivity contribution in [2.45, 2.75) is 31.6 Å². The van der Waals surface area contributed by atoms with Gasteiger partial charge in [-0.05, 0) is 37.1 Å². The predicted octanol–water partition coefficient (Wildman–Crippen LogP) is 3.06. The molecular weight excluding hydrogens is 364 g/mol. The van der Waals surface area contributed by atoms with Crippen LogP contribution in [0.15, 0.2) is 23.8 Å². The van der Waals surface area contributed by atoms with Gasteiger partial charge in [-0.3, -0.25) is 4.79 Å². The van der Waals surface area contributed by atoms with Crippen LogP contribution in [0.2, 0.25) is 0 Å². The molecule has 2 aromatic rings. The van der Waals surface area contributed by atoms with Crippen LogP contribution in [-0.4, -0.2) is 42.0 Å². The number of rotatable bonds is 5. The summed E-state index contributed by atoms with van der Waals surface area (Å²) in [7, 11) is 1.34. The van der Waals surface area contributed by atoms with E-state index >= 15 is 0 Å². The summed E-state index contributed by atoms with van der Waals surface area (Å²) >= 11 is 1.26. The van der Waals surface area contributed by atoms with Gasteiger partial charge in [0, 0.05) is 30.8 Å². The van der Waals surface area contributed by atoms with Crippen molar-refractivity contribution in [1.82, 2.24) is 9.97 Å². The highest BCUT2D eigenvalue weighted by Gasteiger charge is 2.29. The van der Waals surface area contributed by atoms with Crippen molar-refractivity contribution >= 4 is 34.7 Å². The first-order valence-corrected chi connectivity index (χ1v) is 10.1. The van der Waals surface area contributed by atoms with Crippen molar-refractivity contribution in [3.63, 3.8) is 0 Å². The van der Waals surface area contributed by atoms with Gasteiger partial charge in [-0.2, -0.15) is 0 Å². The number of thiophene rings is 1. The van der Waals surface area contributed by atoms with Gasteiger partial charge >= 0.3 is 5.97 Å². The molecule has 2 aromatic heterocycles. The second-order valence-electron chi connectivity index (χ2n) is 7.00. The van der Waals surface area contributed by atoms with Crippen molar-refractivity contribution in [2.24, 2.45) is 5.92 Å². The monoisotopic (exact) mass is 386 g/mol. The van der Waals surface area contributed by atoms with E-state index in [2.05, 4.69) is 26.3 Å². The highest BCUT2D eigenvalue weighted by Crippen LogP contribution is 2.39. The minimum atomic E-state index is -0.431. The molecule has 3 heterocycles. The standard InChI is InChI=1S/C19H22N4O3S/c1-26-19(25)17-14(6-8-27-17)22-18(24)13-3-2-7-23(10-13)16-9-15(12-4-5-12)20-11-21-16/h6,8-9,11-13H,2-5,7,10H2,1H3,(H,22,24)/t13-/m0/s1. The number of anilines is 2. The SMILES string of the molecule is COC(=O)c1sccc1NC(=O)[C@H]1CCCN(c2cc(C3CC3)ncn2)C1. The molecule has 1 aliphatic heterocycles. The van der Waals surface area contributed by atoms with E-state index in [4.69, 9.17) is 4.74 Å². The smallest absolute Gasteiger partial charge is 0.350 e. The molecule has 1 N–H and O–H groups in total. The van der Waals surface area contributed by atoms with E-state index in [1.165, 1.54) is 31.3 Å². The minimum Gasteiger partial charge on any atom is -0.465 e. The maximum Gasteiger partial charge on any atom is 0.350 e. The average Bonchev–Trinajstić information content (AvgIpc) is 3.47. The molecule has 27 heavy (non-hydrogen) atoms. The topological polar surface area (TPSA) is 84.4 Å². The molecule has 2 aliphatic rings. The van der Waals surface area contributed by atoms with Crippen LogP contribution >= 0.6 is 11.3 Å². The number of nitrogens with one attached hydrogen (secondary N) is 1. The number of hydrogen-bond donors (Lipinski definition) is 1. The molecule has 8 heteroatoms. The molecule has 0 spiro atoms. The highest BCUT2D eigenvalue weighted by atomic mass is 32.1. The first-order chi connectivity index (χ1) is 13.2. The number of carbonyl (C=O) groups excluding carboxylic acids is 2. The first kappa shape index (κ1) is 17.9. The predicted molar refractivity (Wildman–Crippen MR) is 103 cm³/mol. The van der Waals surface area contributed by atoms with Gasteiger partial charge in [0.25, 0.3) is 0 Å². The number of methoxy groups -OCH3 is 1. The van der Waals surface area contributed by atoms with Crippen molar-refractivity contribution in [2.75, 3.05) is 30.4 Å². The molecule has 7 nitrogen and oxygen atoms in total. The van der Waals surface area contributed by atoms with E-state index in [0.717, 1.165) is 30.9 Å². The fourth-order valence-corrected chi connectivity index (χ4v) is 4.20. The molecule has 2 fully saturated rings. The summed E-state index contributed by atoms with van der Waals surface area (Å²) in [5.74, 6) is 0.823. The lowest BCUT2D eigenvalue weighted by Crippen LogP contribution is -2.41. The van der Waals surface area contributed by atoms with E-state index in [0.29, 0.717) is 23.0 Å². The van der Waals surface area contributed by atoms with Gasteiger partial charge in [0.2, 0.25) is 5.91 Å². The summed E-state index contributed by atoms with van der Waals surface area (Å²) in [5.41, 5.74) is 1.62. The molecule has 4 rings (SSSR count). The van der Waals surface area contributed by atoms with Gasteiger partial charge in [-0.1, -0.05) is 0 Å². The largest absolute Gasteiger partial charge is 0.465 e. The zero-order chi connectivity index (χ0) is 18.8. The van der Waals surface area contributed by atoms with Gasteiger partial charge in [0.1, 0.15) is 17.0 Å². The van der Waals surface area contributed by atoms with Crippen LogP contribution in [0.25, 0.3) is 0 Å². The van der Waals surface area contributed by atoms with E-state index < -0.39 is 5.97 Å². The number of ether oxygens (including phenoxy) is 1. The highest BCUT2D eigenvalue weighted by molar-refractivity contribution is 7.12. The van der Waals surface area contributed by atoms with Crippen LogP contribution < -0.4 is 10.2 Å². The van der Waals surface area contributed by atoms with E-state index in [9.17, 15) is 9.59 Å². The summed E-state index contributed by atoms with van der Waals surface area (Å²) in [6.45, 7) is 1.50. The van der Waals surface area contributed by atoms with Gasteiger partial charge in [-0.15, -0.1) is 11.3 Å². The maximum absolute atomic E-state index is 12.8. The molecule has 1 saturated heterocycles. The maximum atomic E-state index is 12.8. The lowest BCUT2D eigenvalue weighted by atomic mass is 9.97. The van der Waals surface area contributed by atoms with Crippen molar-refractivity contribution in [3.05, 3.63) is 34.4 Å². The zero-order valence-electron chi connectivity index (χ0n) is 15.2. The van der Waals surface area contributed by atoms with Crippen molar-refractivity contribution in [1.29, 1.82) is 0 Å². The Bertz CT molecular complexity index is 849. The van der Waals surface area contributed by atoms with Crippen molar-refractivity contribution in [3.8, 4) is 0 Å². The van der Waals surface area contributed by atoms with Crippen LogP contribution in [0.5, 0.6) is 0 Å². The van der Waals surface area contributed by atoms with E-state index in [-0.39, 0.29) is 11.8 Å². The Morgan fingerprint density at radius 3 is 2.93 bits per heavy atom. The minimum absolute atomic E-state index is 0.0697. The summed E-state index contributed by atoms with van der Waals surface area (Å²) in [5, 5.41) is 4.67. The van der Waals surface area contributed by atoms with Crippen LogP contribution in [0.3, 0.4) is 0 Å². The molecule has 0 radical (unpaired) electrons. The lowest BCUT2D eigenvalue weighted by Gasteiger charge is -2.33. The Hall–Kier alpha value is -2.48. The molecule has 1 aliphatic carbocycles. The Morgan fingerprint density at radius 1 is 1.30 bits per heavy atom. The third kappa shape index (κ3) is 3.95. The summed E-state index contributed by atoms with van der Waals surface area (Å²) in [6, 6.07) is 3.80. The van der Waals surface area contributed by atoms with Crippen LogP contribution in [-0.2, 0) is 9.53 Å². The Kier molecular flexibility index (Phi) is 5.07. The number of nitrogens with zero attached hydrogens (tertiary/aromatic N) is 3. The fraction of sp³-hybridized carbons (Fsp3) is 0.474. The summed E-state index contributed by atoms with van der Waals surface area (Å²) < 4.78 is 4.77. The number of amides is 1. The molecule has 0 bridgehead atoms. The third-order valence-electron chi connectivity index (χ3n) is 5.08. The van der Waals surface area contributed by atoms with E-state index in [1.807, 2.05) is 0 Å². The average molecular weight is 386 g/mol. The molecule has 0 aromatic carbocycles. The molecule has 142 valence electrons. The number of piperidine rings is 1. The first-order valence-electron chi connectivity index (χ1n) is 9.19. The molecular formula is C19H22N4O3S. The van der Waals surface area contributed by atoms with E-state index in [1.54, 1.807) is 17.8 Å². The number of hydrogen-bond acceptors (Lipinski definition) is 7. The number of esters is 1. The van der Waals surface area contributed by atoms with Gasteiger partial charge < -0.3 is 15.0 Å². The number of aromatic nitrogens is 2. The molecule has 0 unspecified atom stereocenters. The lowest BCUT2D eigenvalue weighted by molar-refractivity contribution is -0.120. The second-order valence-corrected chi connectivity index (χ2v) is 7.92. The van der Waals surface area contributed by atoms with Crippen LogP contribution in [0, 0.1) is 5.92 Å². The summed E-state index contributed by atoms with van der Waals surface area (Å²) in [6.07, 6.45) is 5.77. The Labute approximate surface area is 161 Å². The molecule has 1 amide bonds. The third-order valence-corrected chi connectivity index (χ3v) is 5.97. The summed E-state index contributed by atoms with van der Waals surface area (Å²) in [4.78, 5) is 35.9. The van der Waals surface area contributed by atoms with Crippen LogP contribution in [0.4, 0.5) is 11.5 Å². The van der Waals surface area contributed by atoms with Gasteiger partial charge in [-0.25, -0.2) is 14.8 Å². The normalized spacial score (nSPS) is 19.6. The van der Waals surface area contributed by atoms with Gasteiger partial charge in [0.15, 0.2) is 0 Å². The Morgan fingerprint density at radius 2 is 2.15 bits per heavy atom. The Balaban J connectivity index is 1.43. The van der Waals surface area contributed by atoms with Crippen molar-refractivity contribution < 1.29 is 14.3 Å². The second kappa shape index (κ2) is 7.64. The zero-order valence-corrected chi connectivity index (χ0v) is 16.0. The van der Waals surface area contributed by atoms with Gasteiger partial charge in [0.05, 0.1) is 18.7 Å². The number of carbonyl (C=O) groups is 2. The molecule has 1 saturated carbocycles. The van der Waals surface area contributed by atoms with Crippen LogP contribution in [0.1, 0.15) is 47.0 Å². The molecule has 1 atom stereocenters. The quantitative estimate of drug-likeness (QED) is 0.795.